The third-order valence-corrected chi connectivity index (χ3v) is 6.05. The molecule has 1 amide bonds. The lowest BCUT2D eigenvalue weighted by molar-refractivity contribution is 0.0788. The summed E-state index contributed by atoms with van der Waals surface area (Å²) in [4.78, 5) is 23.6. The smallest absolute Gasteiger partial charge is 0.257 e. The Bertz CT molecular complexity index is 988. The number of hydrogen-bond acceptors (Lipinski definition) is 6. The van der Waals surface area contributed by atoms with E-state index in [0.717, 1.165) is 13.1 Å². The number of aryl methyl sites for hydroxylation is 2. The van der Waals surface area contributed by atoms with E-state index < -0.39 is 11.7 Å². The molecule has 158 valence electrons. The number of carbonyl (C=O) groups excluding carboxylic acids is 1. The summed E-state index contributed by atoms with van der Waals surface area (Å²) in [5, 5.41) is 12.0. The molecular weight excluding hydrogens is 409 g/mol. The molecule has 7 nitrogen and oxygen atoms in total. The Balaban J connectivity index is 1.54. The molecule has 2 aliphatic rings. The monoisotopic (exact) mass is 431 g/mol. The zero-order valence-corrected chi connectivity index (χ0v) is 17.6. The SMILES string of the molecule is Cc1nc(C2CN(C(=O)c3ccc(F)cc3OCC3CNC3)CC2=N)nc(C)c1Cl. The number of hydrogen-bond donors (Lipinski definition) is 2. The fraction of sp³-hybridized carbons (Fsp3) is 0.429. The Morgan fingerprint density at radius 1 is 1.33 bits per heavy atom. The number of halogens is 2. The van der Waals surface area contributed by atoms with E-state index in [1.54, 1.807) is 18.7 Å². The van der Waals surface area contributed by atoms with Gasteiger partial charge in [-0.1, -0.05) is 11.6 Å². The highest BCUT2D eigenvalue weighted by atomic mass is 35.5. The molecule has 9 heteroatoms. The van der Waals surface area contributed by atoms with Crippen LogP contribution in [0.15, 0.2) is 18.2 Å². The van der Waals surface area contributed by atoms with Gasteiger partial charge in [0.1, 0.15) is 17.4 Å². The van der Waals surface area contributed by atoms with Crippen molar-refractivity contribution in [3.05, 3.63) is 51.8 Å². The minimum absolute atomic E-state index is 0.164. The van der Waals surface area contributed by atoms with Crippen molar-refractivity contribution in [2.24, 2.45) is 5.92 Å². The van der Waals surface area contributed by atoms with E-state index >= 15 is 0 Å². The van der Waals surface area contributed by atoms with E-state index in [1.807, 2.05) is 0 Å². The summed E-state index contributed by atoms with van der Waals surface area (Å²) in [6, 6.07) is 3.93. The van der Waals surface area contributed by atoms with E-state index in [2.05, 4.69) is 15.3 Å². The van der Waals surface area contributed by atoms with Crippen molar-refractivity contribution in [1.29, 1.82) is 5.41 Å². The summed E-state index contributed by atoms with van der Waals surface area (Å²) >= 11 is 6.16. The zero-order valence-electron chi connectivity index (χ0n) is 16.8. The van der Waals surface area contributed by atoms with Crippen molar-refractivity contribution < 1.29 is 13.9 Å². The lowest BCUT2D eigenvalue weighted by atomic mass is 10.1. The van der Waals surface area contributed by atoms with Gasteiger partial charge in [-0.2, -0.15) is 0 Å². The van der Waals surface area contributed by atoms with Gasteiger partial charge in [0, 0.05) is 37.3 Å². The van der Waals surface area contributed by atoms with Gasteiger partial charge < -0.3 is 20.4 Å². The van der Waals surface area contributed by atoms with Crippen LogP contribution in [0.25, 0.3) is 0 Å². The van der Waals surface area contributed by atoms with Crippen molar-refractivity contribution in [3.63, 3.8) is 0 Å². The molecule has 0 spiro atoms. The van der Waals surface area contributed by atoms with Crippen LogP contribution in [0.4, 0.5) is 4.39 Å². The van der Waals surface area contributed by atoms with E-state index in [1.165, 1.54) is 18.2 Å². The maximum Gasteiger partial charge on any atom is 0.257 e. The van der Waals surface area contributed by atoms with Crippen LogP contribution in [0, 0.1) is 31.0 Å². The third-order valence-electron chi connectivity index (χ3n) is 5.50. The maximum absolute atomic E-state index is 13.8. The van der Waals surface area contributed by atoms with Crippen LogP contribution in [0.1, 0.15) is 33.5 Å². The number of benzene rings is 1. The predicted molar refractivity (Wildman–Crippen MR) is 111 cm³/mol. The van der Waals surface area contributed by atoms with Gasteiger partial charge in [-0.25, -0.2) is 14.4 Å². The normalized spacial score (nSPS) is 19.1. The number of carbonyl (C=O) groups is 1. The summed E-state index contributed by atoms with van der Waals surface area (Å²) < 4.78 is 19.5. The van der Waals surface area contributed by atoms with Crippen molar-refractivity contribution in [1.82, 2.24) is 20.2 Å². The van der Waals surface area contributed by atoms with Gasteiger partial charge in [0.15, 0.2) is 0 Å². The Morgan fingerprint density at radius 2 is 2.03 bits per heavy atom. The van der Waals surface area contributed by atoms with Crippen LogP contribution in [-0.2, 0) is 0 Å². The summed E-state index contributed by atoms with van der Waals surface area (Å²) in [6.07, 6.45) is 0. The Hall–Kier alpha value is -2.58. The molecule has 2 aromatic rings. The van der Waals surface area contributed by atoms with Crippen LogP contribution in [0.3, 0.4) is 0 Å². The van der Waals surface area contributed by atoms with Crippen molar-refractivity contribution in [2.75, 3.05) is 32.8 Å². The number of ether oxygens (including phenoxy) is 1. The zero-order chi connectivity index (χ0) is 21.4. The van der Waals surface area contributed by atoms with Crippen LogP contribution < -0.4 is 10.1 Å². The van der Waals surface area contributed by atoms with Gasteiger partial charge in [-0.15, -0.1) is 0 Å². The molecule has 0 radical (unpaired) electrons. The Labute approximate surface area is 179 Å². The first-order chi connectivity index (χ1) is 14.3. The quantitative estimate of drug-likeness (QED) is 0.759. The van der Waals surface area contributed by atoms with E-state index in [9.17, 15) is 9.18 Å². The average Bonchev–Trinajstić information content (AvgIpc) is 3.06. The first kappa shape index (κ1) is 20.7. The maximum atomic E-state index is 13.8. The Kier molecular flexibility index (Phi) is 5.71. The van der Waals surface area contributed by atoms with E-state index in [0.29, 0.717) is 46.0 Å². The highest BCUT2D eigenvalue weighted by molar-refractivity contribution is 6.31. The highest BCUT2D eigenvalue weighted by Crippen LogP contribution is 2.29. The molecule has 2 saturated heterocycles. The second kappa shape index (κ2) is 8.28. The summed E-state index contributed by atoms with van der Waals surface area (Å²) in [5.74, 6) is -0.0742. The van der Waals surface area contributed by atoms with E-state index in [-0.39, 0.29) is 24.7 Å². The van der Waals surface area contributed by atoms with Gasteiger partial charge >= 0.3 is 0 Å². The van der Waals surface area contributed by atoms with Gasteiger partial charge in [-0.3, -0.25) is 4.79 Å². The van der Waals surface area contributed by atoms with Crippen molar-refractivity contribution in [2.45, 2.75) is 19.8 Å². The fourth-order valence-corrected chi connectivity index (χ4v) is 3.71. The molecule has 2 N–H and O–H groups in total. The summed E-state index contributed by atoms with van der Waals surface area (Å²) in [6.45, 7) is 6.15. The minimum Gasteiger partial charge on any atom is -0.492 e. The molecule has 1 aromatic carbocycles. The number of aromatic nitrogens is 2. The number of amides is 1. The van der Waals surface area contributed by atoms with Crippen LogP contribution >= 0.6 is 11.6 Å². The molecule has 1 aromatic heterocycles. The van der Waals surface area contributed by atoms with Crippen LogP contribution in [-0.4, -0.2) is 59.3 Å². The molecule has 2 aliphatic heterocycles. The predicted octanol–water partition coefficient (Wildman–Crippen LogP) is 2.74. The largest absolute Gasteiger partial charge is 0.492 e. The molecule has 0 bridgehead atoms. The average molecular weight is 432 g/mol. The molecule has 1 unspecified atom stereocenters. The molecule has 4 rings (SSSR count). The second-order valence-corrected chi connectivity index (χ2v) is 8.18. The van der Waals surface area contributed by atoms with Gasteiger partial charge in [0.25, 0.3) is 5.91 Å². The molecule has 2 fully saturated rings. The molecule has 0 aliphatic carbocycles. The second-order valence-electron chi connectivity index (χ2n) is 7.81. The topological polar surface area (TPSA) is 91.2 Å². The number of nitrogens with one attached hydrogen (secondary N) is 2. The third kappa shape index (κ3) is 4.02. The van der Waals surface area contributed by atoms with E-state index in [4.69, 9.17) is 21.7 Å². The number of nitrogens with zero attached hydrogens (tertiary/aromatic N) is 3. The first-order valence-corrected chi connectivity index (χ1v) is 10.2. The van der Waals surface area contributed by atoms with Crippen LogP contribution in [0.5, 0.6) is 5.75 Å². The van der Waals surface area contributed by atoms with Crippen molar-refractivity contribution in [3.8, 4) is 5.75 Å². The van der Waals surface area contributed by atoms with Crippen molar-refractivity contribution >= 4 is 23.2 Å². The fourth-order valence-electron chi connectivity index (χ4n) is 3.62. The molecule has 3 heterocycles. The summed E-state index contributed by atoms with van der Waals surface area (Å²) in [5.41, 5.74) is 1.95. The van der Waals surface area contributed by atoms with Crippen LogP contribution in [0.2, 0.25) is 5.02 Å². The minimum atomic E-state index is -0.458. The lowest BCUT2D eigenvalue weighted by Gasteiger charge is -2.27. The Morgan fingerprint density at radius 3 is 2.67 bits per heavy atom. The number of rotatable bonds is 5. The molecule has 0 saturated carbocycles. The van der Waals surface area contributed by atoms with Gasteiger partial charge in [0.2, 0.25) is 0 Å². The first-order valence-electron chi connectivity index (χ1n) is 9.83. The molecule has 1 atom stereocenters. The molecular formula is C21H23ClFN5O2. The molecule has 30 heavy (non-hydrogen) atoms. The standard InChI is InChI=1S/C21H23ClFN5O2/c1-11-19(22)12(2)27-20(26-11)16-8-28(9-17(16)24)21(29)15-4-3-14(23)5-18(15)30-10-13-6-25-7-13/h3-5,13,16,24-25H,6-10H2,1-2H3. The van der Waals surface area contributed by atoms with Gasteiger partial charge in [-0.05, 0) is 26.0 Å². The lowest BCUT2D eigenvalue weighted by Crippen LogP contribution is -2.45. The van der Waals surface area contributed by atoms with Gasteiger partial charge in [0.05, 0.1) is 41.0 Å². The number of likely N-dealkylation sites (tertiary alicyclic amines) is 1. The summed E-state index contributed by atoms with van der Waals surface area (Å²) in [7, 11) is 0. The highest BCUT2D eigenvalue weighted by Gasteiger charge is 2.35.